The van der Waals surface area contributed by atoms with Crippen molar-refractivity contribution in [1.82, 2.24) is 13.7 Å². The minimum atomic E-state index is 0.593. The third kappa shape index (κ3) is 4.45. The summed E-state index contributed by atoms with van der Waals surface area (Å²) in [6.45, 7) is 0. The molecular formula is C50H29N5. The lowest BCUT2D eigenvalue weighted by Crippen LogP contribution is -2.02. The van der Waals surface area contributed by atoms with Gasteiger partial charge in [0.05, 0.1) is 61.7 Å². The number of nitrogens with zero attached hydrogens (tertiary/aromatic N) is 5. The van der Waals surface area contributed by atoms with Crippen molar-refractivity contribution in [3.63, 3.8) is 0 Å². The zero-order chi connectivity index (χ0) is 36.6. The van der Waals surface area contributed by atoms with E-state index in [1.165, 1.54) is 10.8 Å². The summed E-state index contributed by atoms with van der Waals surface area (Å²) in [7, 11) is 0. The van der Waals surface area contributed by atoms with E-state index >= 15 is 0 Å². The van der Waals surface area contributed by atoms with E-state index in [9.17, 15) is 10.5 Å². The van der Waals surface area contributed by atoms with Crippen LogP contribution >= 0.6 is 0 Å². The first-order valence-electron chi connectivity index (χ1n) is 18.3. The Morgan fingerprint density at radius 2 is 0.891 bits per heavy atom. The van der Waals surface area contributed by atoms with Crippen molar-refractivity contribution in [3.8, 4) is 40.3 Å². The van der Waals surface area contributed by atoms with Crippen molar-refractivity contribution >= 4 is 65.4 Å². The summed E-state index contributed by atoms with van der Waals surface area (Å²) in [6, 6.07) is 66.0. The third-order valence-electron chi connectivity index (χ3n) is 11.1. The maximum absolute atomic E-state index is 10.7. The van der Waals surface area contributed by atoms with Crippen molar-refractivity contribution in [2.75, 3.05) is 0 Å². The normalized spacial score (nSPS) is 11.6. The van der Waals surface area contributed by atoms with Crippen molar-refractivity contribution in [2.24, 2.45) is 0 Å². The number of nitriles is 2. The van der Waals surface area contributed by atoms with Gasteiger partial charge in [0.15, 0.2) is 0 Å². The van der Waals surface area contributed by atoms with Gasteiger partial charge in [-0.05, 0) is 83.9 Å². The number of para-hydroxylation sites is 5. The molecule has 0 amide bonds. The van der Waals surface area contributed by atoms with E-state index in [2.05, 4.69) is 165 Å². The van der Waals surface area contributed by atoms with Crippen LogP contribution in [0.25, 0.3) is 93.6 Å². The highest BCUT2D eigenvalue weighted by Crippen LogP contribution is 2.41. The van der Waals surface area contributed by atoms with Crippen LogP contribution in [0, 0.1) is 22.7 Å². The van der Waals surface area contributed by atoms with Crippen LogP contribution in [0.4, 0.5) is 0 Å². The molecule has 3 heterocycles. The molecule has 11 aromatic rings. The summed E-state index contributed by atoms with van der Waals surface area (Å²) in [4.78, 5) is 0. The first kappa shape index (κ1) is 30.7. The van der Waals surface area contributed by atoms with Gasteiger partial charge in [-0.2, -0.15) is 10.5 Å². The number of benzene rings is 8. The van der Waals surface area contributed by atoms with Crippen molar-refractivity contribution in [1.29, 1.82) is 10.5 Å². The Morgan fingerprint density at radius 1 is 0.345 bits per heavy atom. The van der Waals surface area contributed by atoms with E-state index < -0.39 is 0 Å². The molecule has 55 heavy (non-hydrogen) atoms. The van der Waals surface area contributed by atoms with Crippen LogP contribution < -0.4 is 0 Å². The Bertz CT molecular complexity index is 3420. The summed E-state index contributed by atoms with van der Waals surface area (Å²) in [5, 5.41) is 27.1. The number of aromatic nitrogens is 3. The molecule has 0 fully saturated rings. The predicted molar refractivity (Wildman–Crippen MR) is 224 cm³/mol. The first-order chi connectivity index (χ1) is 27.2. The van der Waals surface area contributed by atoms with Gasteiger partial charge in [0, 0.05) is 38.0 Å². The minimum Gasteiger partial charge on any atom is -0.309 e. The van der Waals surface area contributed by atoms with Gasteiger partial charge in [-0.25, -0.2) is 0 Å². The molecule has 5 heteroatoms. The molecule has 254 valence electrons. The van der Waals surface area contributed by atoms with Crippen LogP contribution in [0.15, 0.2) is 176 Å². The summed E-state index contributed by atoms with van der Waals surface area (Å²) in [5.74, 6) is 0. The Kier molecular flexibility index (Phi) is 6.61. The van der Waals surface area contributed by atoms with Crippen molar-refractivity contribution in [3.05, 3.63) is 187 Å². The van der Waals surface area contributed by atoms with Gasteiger partial charge in [-0.3, -0.25) is 0 Å². The number of hydrogen-bond acceptors (Lipinski definition) is 2. The Balaban J connectivity index is 1.17. The molecule has 8 aromatic carbocycles. The molecule has 0 aliphatic heterocycles. The lowest BCUT2D eigenvalue weighted by molar-refractivity contribution is 1.12. The molecule has 0 unspecified atom stereocenters. The van der Waals surface area contributed by atoms with Gasteiger partial charge in [0.25, 0.3) is 0 Å². The van der Waals surface area contributed by atoms with Crippen molar-refractivity contribution < 1.29 is 0 Å². The lowest BCUT2D eigenvalue weighted by atomic mass is 10.0. The average Bonchev–Trinajstić information content (AvgIpc) is 3.89. The highest BCUT2D eigenvalue weighted by Gasteiger charge is 2.22. The molecular weight excluding hydrogens is 671 g/mol. The van der Waals surface area contributed by atoms with E-state index in [1.54, 1.807) is 0 Å². The first-order valence-corrected chi connectivity index (χ1v) is 18.3. The zero-order valence-corrected chi connectivity index (χ0v) is 29.5. The molecule has 11 rings (SSSR count). The summed E-state index contributed by atoms with van der Waals surface area (Å²) >= 11 is 0. The molecule has 5 nitrogen and oxygen atoms in total. The molecule has 0 spiro atoms. The van der Waals surface area contributed by atoms with Crippen LogP contribution in [0.2, 0.25) is 0 Å². The van der Waals surface area contributed by atoms with Gasteiger partial charge in [-0.1, -0.05) is 103 Å². The summed E-state index contributed by atoms with van der Waals surface area (Å²) in [6.07, 6.45) is 0. The van der Waals surface area contributed by atoms with E-state index in [0.29, 0.717) is 11.1 Å². The van der Waals surface area contributed by atoms with E-state index in [1.807, 2.05) is 36.4 Å². The van der Waals surface area contributed by atoms with Gasteiger partial charge in [-0.15, -0.1) is 0 Å². The predicted octanol–water partition coefficient (Wildman–Crippen LogP) is 12.4. The summed E-state index contributed by atoms with van der Waals surface area (Å²) < 4.78 is 6.92. The fourth-order valence-corrected chi connectivity index (χ4v) is 8.75. The van der Waals surface area contributed by atoms with E-state index in [-0.39, 0.29) is 0 Å². The molecule has 0 aliphatic carbocycles. The SMILES string of the molecule is N#Cc1ccc2c(c1)c1ccccc1n2-c1cccc(-c2ccc(C#N)c(-n3c4ccccc4c4cccc(-n5c6ccccc6c6ccccc65)c43)c2)c1. The second-order valence-electron chi connectivity index (χ2n) is 14.0. The molecule has 0 saturated heterocycles. The van der Waals surface area contributed by atoms with Crippen molar-refractivity contribution in [2.45, 2.75) is 0 Å². The highest BCUT2D eigenvalue weighted by atomic mass is 15.1. The fourth-order valence-electron chi connectivity index (χ4n) is 8.75. The largest absolute Gasteiger partial charge is 0.309 e. The van der Waals surface area contributed by atoms with Gasteiger partial charge >= 0.3 is 0 Å². The minimum absolute atomic E-state index is 0.593. The number of rotatable bonds is 4. The average molecular weight is 700 g/mol. The Hall–Kier alpha value is -7.86. The molecule has 0 aliphatic rings. The quantitative estimate of drug-likeness (QED) is 0.184. The Labute approximate surface area is 316 Å². The van der Waals surface area contributed by atoms with E-state index in [0.717, 1.165) is 82.8 Å². The van der Waals surface area contributed by atoms with E-state index in [4.69, 9.17) is 0 Å². The molecule has 0 N–H and O–H groups in total. The van der Waals surface area contributed by atoms with Crippen LogP contribution in [0.5, 0.6) is 0 Å². The van der Waals surface area contributed by atoms with Crippen LogP contribution in [0.1, 0.15) is 11.1 Å². The monoisotopic (exact) mass is 699 g/mol. The van der Waals surface area contributed by atoms with Gasteiger partial charge in [0.2, 0.25) is 0 Å². The van der Waals surface area contributed by atoms with Crippen LogP contribution in [0.3, 0.4) is 0 Å². The fraction of sp³-hybridized carbons (Fsp3) is 0. The zero-order valence-electron chi connectivity index (χ0n) is 29.5. The summed E-state index contributed by atoms with van der Waals surface area (Å²) in [5.41, 5.74) is 12.6. The number of fused-ring (bicyclic) bond motifs is 9. The molecule has 0 atom stereocenters. The second kappa shape index (κ2) is 11.8. The highest BCUT2D eigenvalue weighted by molar-refractivity contribution is 6.15. The molecule has 0 bridgehead atoms. The number of hydrogen-bond donors (Lipinski definition) is 0. The molecule has 3 aromatic heterocycles. The molecule has 0 radical (unpaired) electrons. The smallest absolute Gasteiger partial charge is 0.101 e. The maximum atomic E-state index is 10.7. The standard InChI is InChI=1S/C50H29N5/c51-30-32-23-26-47-42(27-32)40-16-4-5-18-43(40)53(47)36-12-9-11-33(28-36)34-24-25-35(31-52)49(29-34)55-46-21-8-3-15-39(46)41-17-10-22-48(50(41)55)54-44-19-6-1-13-37(44)38-14-2-7-20-45(38)54/h1-29H. The van der Waals surface area contributed by atoms with Gasteiger partial charge in [0.1, 0.15) is 6.07 Å². The van der Waals surface area contributed by atoms with Gasteiger partial charge < -0.3 is 13.7 Å². The lowest BCUT2D eigenvalue weighted by Gasteiger charge is -2.16. The second-order valence-corrected chi connectivity index (χ2v) is 14.0. The molecule has 0 saturated carbocycles. The third-order valence-corrected chi connectivity index (χ3v) is 11.1. The topological polar surface area (TPSA) is 62.4 Å². The van der Waals surface area contributed by atoms with Crippen LogP contribution in [-0.2, 0) is 0 Å². The maximum Gasteiger partial charge on any atom is 0.101 e. The Morgan fingerprint density at radius 3 is 1.56 bits per heavy atom. The van der Waals surface area contributed by atoms with Crippen LogP contribution in [-0.4, -0.2) is 13.7 Å².